The second-order valence-electron chi connectivity index (χ2n) is 9.30. The van der Waals surface area contributed by atoms with Gasteiger partial charge >= 0.3 is 12.1 Å². The molecule has 3 aromatic rings. The number of hydrogen-bond donors (Lipinski definition) is 1. The van der Waals surface area contributed by atoms with Crippen molar-refractivity contribution in [2.75, 3.05) is 75.3 Å². The molecule has 1 aromatic heterocycles. The van der Waals surface area contributed by atoms with E-state index in [9.17, 15) is 9.59 Å². The number of aromatic nitrogens is 2. The zero-order chi connectivity index (χ0) is 28.1. The van der Waals surface area contributed by atoms with Crippen molar-refractivity contribution in [1.82, 2.24) is 15.3 Å². The van der Waals surface area contributed by atoms with Crippen LogP contribution in [0.4, 0.5) is 22.0 Å². The molecule has 0 saturated carbocycles. The molecule has 0 spiro atoms. The lowest BCUT2D eigenvalue weighted by Gasteiger charge is -2.36. The Kier molecular flexibility index (Phi) is 8.04. The molecule has 40 heavy (non-hydrogen) atoms. The molecule has 5 rings (SSSR count). The highest BCUT2D eigenvalue weighted by atomic mass is 16.6. The van der Waals surface area contributed by atoms with Gasteiger partial charge in [0, 0.05) is 49.2 Å². The highest BCUT2D eigenvalue weighted by Crippen LogP contribution is 2.27. The number of nitrogens with zero attached hydrogens (tertiary/aromatic N) is 5. The van der Waals surface area contributed by atoms with E-state index in [1.807, 2.05) is 24.3 Å². The molecule has 2 fully saturated rings. The largest absolute Gasteiger partial charge is 0.497 e. The Bertz CT molecular complexity index is 1310. The first kappa shape index (κ1) is 26.9. The molecule has 2 aromatic carbocycles. The summed E-state index contributed by atoms with van der Waals surface area (Å²) in [6.45, 7) is 3.72. The molecule has 0 radical (unpaired) electrons. The first-order chi connectivity index (χ1) is 19.5. The lowest BCUT2D eigenvalue weighted by Crippen LogP contribution is -2.46. The van der Waals surface area contributed by atoms with Gasteiger partial charge in [0.05, 0.1) is 34.4 Å². The fourth-order valence-corrected chi connectivity index (χ4v) is 4.68. The van der Waals surface area contributed by atoms with Gasteiger partial charge in [0.2, 0.25) is 5.88 Å². The molecular formula is C28H32N6O6. The average Bonchev–Trinajstić information content (AvgIpc) is 3.39. The number of carbonyl (C=O) groups is 2. The quantitative estimate of drug-likeness (QED) is 0.427. The topological polar surface area (TPSA) is 119 Å². The fourth-order valence-electron chi connectivity index (χ4n) is 4.68. The van der Waals surface area contributed by atoms with E-state index in [0.29, 0.717) is 23.7 Å². The number of methoxy groups -OCH3 is 3. The van der Waals surface area contributed by atoms with Crippen LogP contribution in [0.3, 0.4) is 0 Å². The Morgan fingerprint density at radius 2 is 1.57 bits per heavy atom. The first-order valence-electron chi connectivity index (χ1n) is 12.9. The number of amides is 2. The third kappa shape index (κ3) is 5.95. The Morgan fingerprint density at radius 1 is 0.900 bits per heavy atom. The normalized spacial score (nSPS) is 16.9. The van der Waals surface area contributed by atoms with Crippen molar-refractivity contribution in [2.45, 2.75) is 6.10 Å². The SMILES string of the molecule is COc1ccc(C(=O)NC[C@H]2CN(c3ccc(N4CCN(c5cc(OC)nc(OC)n5)CC4)cc3)C(=O)O2)cc1. The summed E-state index contributed by atoms with van der Waals surface area (Å²) in [5, 5.41) is 2.83. The number of ether oxygens (including phenoxy) is 4. The van der Waals surface area contributed by atoms with E-state index >= 15 is 0 Å². The molecular weight excluding hydrogens is 516 g/mol. The second-order valence-corrected chi connectivity index (χ2v) is 9.30. The van der Waals surface area contributed by atoms with Crippen LogP contribution in [-0.4, -0.2) is 88.7 Å². The van der Waals surface area contributed by atoms with Crippen LogP contribution in [0.5, 0.6) is 17.6 Å². The monoisotopic (exact) mass is 548 g/mol. The van der Waals surface area contributed by atoms with Crippen LogP contribution in [0.25, 0.3) is 0 Å². The zero-order valence-corrected chi connectivity index (χ0v) is 22.7. The Balaban J connectivity index is 1.13. The van der Waals surface area contributed by atoms with E-state index in [1.54, 1.807) is 49.5 Å². The smallest absolute Gasteiger partial charge is 0.414 e. The van der Waals surface area contributed by atoms with E-state index in [4.69, 9.17) is 18.9 Å². The molecule has 0 aliphatic carbocycles. The third-order valence-corrected chi connectivity index (χ3v) is 6.91. The summed E-state index contributed by atoms with van der Waals surface area (Å²) in [6, 6.07) is 16.8. The molecule has 0 unspecified atom stereocenters. The van der Waals surface area contributed by atoms with Gasteiger partial charge in [0.25, 0.3) is 5.91 Å². The van der Waals surface area contributed by atoms with Gasteiger partial charge in [-0.05, 0) is 48.5 Å². The molecule has 2 saturated heterocycles. The highest BCUT2D eigenvalue weighted by Gasteiger charge is 2.32. The van der Waals surface area contributed by atoms with Gasteiger partial charge in [-0.1, -0.05) is 0 Å². The van der Waals surface area contributed by atoms with Crippen molar-refractivity contribution in [3.8, 4) is 17.6 Å². The minimum Gasteiger partial charge on any atom is -0.497 e. The van der Waals surface area contributed by atoms with Crippen molar-refractivity contribution in [1.29, 1.82) is 0 Å². The summed E-state index contributed by atoms with van der Waals surface area (Å²) >= 11 is 0. The number of hydrogen-bond acceptors (Lipinski definition) is 10. The van der Waals surface area contributed by atoms with E-state index in [1.165, 1.54) is 7.11 Å². The van der Waals surface area contributed by atoms with Gasteiger partial charge in [-0.25, -0.2) is 4.79 Å². The van der Waals surface area contributed by atoms with Gasteiger partial charge in [-0.2, -0.15) is 9.97 Å². The van der Waals surface area contributed by atoms with Crippen molar-refractivity contribution >= 4 is 29.2 Å². The van der Waals surface area contributed by atoms with Crippen LogP contribution in [0.2, 0.25) is 0 Å². The lowest BCUT2D eigenvalue weighted by molar-refractivity contribution is 0.0916. The molecule has 2 aliphatic heterocycles. The molecule has 3 heterocycles. The number of anilines is 3. The number of rotatable bonds is 9. The first-order valence-corrected chi connectivity index (χ1v) is 12.9. The predicted octanol–water partition coefficient (Wildman–Crippen LogP) is 2.58. The Morgan fingerprint density at radius 3 is 2.23 bits per heavy atom. The van der Waals surface area contributed by atoms with Crippen LogP contribution < -0.4 is 34.2 Å². The predicted molar refractivity (Wildman–Crippen MR) is 149 cm³/mol. The van der Waals surface area contributed by atoms with Crippen LogP contribution in [0, 0.1) is 0 Å². The summed E-state index contributed by atoms with van der Waals surface area (Å²) < 4.78 is 21.1. The fraction of sp³-hybridized carbons (Fsp3) is 0.357. The summed E-state index contributed by atoms with van der Waals surface area (Å²) in [4.78, 5) is 39.7. The van der Waals surface area contributed by atoms with Gasteiger partial charge < -0.3 is 34.1 Å². The molecule has 1 N–H and O–H groups in total. The molecule has 1 atom stereocenters. The molecule has 12 heteroatoms. The second kappa shape index (κ2) is 12.0. The van der Waals surface area contributed by atoms with Crippen molar-refractivity contribution < 1.29 is 28.5 Å². The van der Waals surface area contributed by atoms with Crippen LogP contribution >= 0.6 is 0 Å². The number of benzene rings is 2. The third-order valence-electron chi connectivity index (χ3n) is 6.91. The maximum atomic E-state index is 12.6. The van der Waals surface area contributed by atoms with Gasteiger partial charge in [0.15, 0.2) is 0 Å². The van der Waals surface area contributed by atoms with E-state index in [0.717, 1.165) is 43.4 Å². The van der Waals surface area contributed by atoms with Gasteiger partial charge in [-0.15, -0.1) is 0 Å². The Labute approximate surface area is 232 Å². The number of nitrogens with one attached hydrogen (secondary N) is 1. The van der Waals surface area contributed by atoms with E-state index in [2.05, 4.69) is 25.1 Å². The number of cyclic esters (lactones) is 1. The molecule has 210 valence electrons. The maximum Gasteiger partial charge on any atom is 0.414 e. The van der Waals surface area contributed by atoms with Crippen molar-refractivity contribution in [2.24, 2.45) is 0 Å². The number of carbonyl (C=O) groups excluding carboxylic acids is 2. The van der Waals surface area contributed by atoms with Gasteiger partial charge in [-0.3, -0.25) is 9.69 Å². The summed E-state index contributed by atoms with van der Waals surface area (Å²) in [5.74, 6) is 1.66. The van der Waals surface area contributed by atoms with Gasteiger partial charge in [0.1, 0.15) is 17.7 Å². The number of piperazine rings is 1. The summed E-state index contributed by atoms with van der Waals surface area (Å²) in [6.07, 6.45) is -0.873. The standard InChI is InChI=1S/C28H32N6O6/c1-37-22-10-4-19(5-11-22)26(35)29-17-23-18-34(28(36)40-23)21-8-6-20(7-9-21)32-12-14-33(15-13-32)24-16-25(38-2)31-27(30-24)39-3/h4-11,16,23H,12-15,17-18H2,1-3H3,(H,29,35)/t23-/m0/s1. The molecule has 2 aliphatic rings. The minimum atomic E-state index is -0.443. The molecule has 12 nitrogen and oxygen atoms in total. The zero-order valence-electron chi connectivity index (χ0n) is 22.7. The Hall–Kier alpha value is -4.74. The highest BCUT2D eigenvalue weighted by molar-refractivity contribution is 5.94. The average molecular weight is 549 g/mol. The molecule has 2 amide bonds. The molecule has 0 bridgehead atoms. The van der Waals surface area contributed by atoms with Crippen molar-refractivity contribution in [3.05, 3.63) is 60.2 Å². The van der Waals surface area contributed by atoms with E-state index < -0.39 is 12.2 Å². The lowest BCUT2D eigenvalue weighted by atomic mass is 10.2. The summed E-state index contributed by atoms with van der Waals surface area (Å²) in [7, 11) is 4.67. The van der Waals surface area contributed by atoms with Crippen LogP contribution in [0.1, 0.15) is 10.4 Å². The van der Waals surface area contributed by atoms with Crippen molar-refractivity contribution in [3.63, 3.8) is 0 Å². The van der Waals surface area contributed by atoms with Crippen LogP contribution in [-0.2, 0) is 4.74 Å². The summed E-state index contributed by atoms with van der Waals surface area (Å²) in [5.41, 5.74) is 2.32. The van der Waals surface area contributed by atoms with Crippen LogP contribution in [0.15, 0.2) is 54.6 Å². The maximum absolute atomic E-state index is 12.6. The van der Waals surface area contributed by atoms with E-state index in [-0.39, 0.29) is 18.5 Å². The minimum absolute atomic E-state index is 0.222.